The SMILES string of the molecule is CCOC(CCN(C)C)CNC(=NC)NC(C)c1ccc(OCC2CC2)c(F)c1. The van der Waals surface area contributed by atoms with Gasteiger partial charge in [0.05, 0.1) is 18.8 Å². The van der Waals surface area contributed by atoms with Gasteiger partial charge in [-0.15, -0.1) is 0 Å². The van der Waals surface area contributed by atoms with E-state index in [0.717, 1.165) is 18.5 Å². The lowest BCUT2D eigenvalue weighted by molar-refractivity contribution is 0.0548. The Balaban J connectivity index is 1.86. The van der Waals surface area contributed by atoms with Gasteiger partial charge in [0.2, 0.25) is 0 Å². The summed E-state index contributed by atoms with van der Waals surface area (Å²) in [4.78, 5) is 6.43. The van der Waals surface area contributed by atoms with Crippen molar-refractivity contribution in [2.24, 2.45) is 10.9 Å². The number of nitrogens with zero attached hydrogens (tertiary/aromatic N) is 2. The lowest BCUT2D eigenvalue weighted by atomic mass is 10.1. The Morgan fingerprint density at radius 1 is 1.34 bits per heavy atom. The maximum atomic E-state index is 14.4. The number of hydrogen-bond donors (Lipinski definition) is 2. The van der Waals surface area contributed by atoms with Crippen LogP contribution in [0.4, 0.5) is 4.39 Å². The molecule has 0 aliphatic heterocycles. The van der Waals surface area contributed by atoms with Crippen LogP contribution in [0.2, 0.25) is 0 Å². The fraction of sp³-hybridized carbons (Fsp3) is 0.682. The fourth-order valence-electron chi connectivity index (χ4n) is 2.97. The van der Waals surface area contributed by atoms with Crippen molar-refractivity contribution < 1.29 is 13.9 Å². The lowest BCUT2D eigenvalue weighted by Gasteiger charge is -2.23. The minimum atomic E-state index is -0.320. The highest BCUT2D eigenvalue weighted by Gasteiger charge is 2.22. The van der Waals surface area contributed by atoms with E-state index in [9.17, 15) is 4.39 Å². The molecule has 164 valence electrons. The Labute approximate surface area is 174 Å². The molecule has 7 heteroatoms. The van der Waals surface area contributed by atoms with Gasteiger partial charge in [0, 0.05) is 26.7 Å². The molecule has 2 unspecified atom stereocenters. The molecule has 2 rings (SSSR count). The summed E-state index contributed by atoms with van der Waals surface area (Å²) in [5.74, 6) is 1.28. The summed E-state index contributed by atoms with van der Waals surface area (Å²) in [5, 5.41) is 6.64. The van der Waals surface area contributed by atoms with Gasteiger partial charge in [-0.25, -0.2) is 4.39 Å². The highest BCUT2D eigenvalue weighted by Crippen LogP contribution is 2.30. The molecule has 1 aromatic carbocycles. The number of hydrogen-bond acceptors (Lipinski definition) is 4. The van der Waals surface area contributed by atoms with Gasteiger partial charge >= 0.3 is 0 Å². The Bertz CT molecular complexity index is 650. The molecule has 1 saturated carbocycles. The molecule has 0 amide bonds. The Morgan fingerprint density at radius 3 is 2.69 bits per heavy atom. The molecule has 0 spiro atoms. The molecule has 29 heavy (non-hydrogen) atoms. The molecule has 0 saturated heterocycles. The minimum Gasteiger partial charge on any atom is -0.490 e. The number of aliphatic imine (C=N–C) groups is 1. The fourth-order valence-corrected chi connectivity index (χ4v) is 2.97. The van der Waals surface area contributed by atoms with Crippen molar-refractivity contribution in [1.82, 2.24) is 15.5 Å². The standard InChI is InChI=1S/C22H37FN4O2/c1-6-28-19(11-12-27(4)5)14-25-22(24-3)26-16(2)18-9-10-21(20(23)13-18)29-15-17-7-8-17/h9-10,13,16-17,19H,6-8,11-12,14-15H2,1-5H3,(H2,24,25,26). The van der Waals surface area contributed by atoms with Crippen molar-refractivity contribution in [2.75, 3.05) is 47.4 Å². The van der Waals surface area contributed by atoms with Gasteiger partial charge in [0.1, 0.15) is 0 Å². The van der Waals surface area contributed by atoms with Crippen LogP contribution in [0.1, 0.15) is 44.7 Å². The topological polar surface area (TPSA) is 58.1 Å². The lowest BCUT2D eigenvalue weighted by Crippen LogP contribution is -2.43. The monoisotopic (exact) mass is 408 g/mol. The molecule has 6 nitrogen and oxygen atoms in total. The van der Waals surface area contributed by atoms with Crippen LogP contribution in [0.3, 0.4) is 0 Å². The molecule has 0 heterocycles. The molecule has 1 aromatic rings. The Hall–Kier alpha value is -1.86. The van der Waals surface area contributed by atoms with Gasteiger partial charge < -0.3 is 25.0 Å². The number of ether oxygens (including phenoxy) is 2. The van der Waals surface area contributed by atoms with Gasteiger partial charge in [-0.1, -0.05) is 6.07 Å². The maximum Gasteiger partial charge on any atom is 0.191 e. The van der Waals surface area contributed by atoms with Crippen molar-refractivity contribution in [3.05, 3.63) is 29.6 Å². The van der Waals surface area contributed by atoms with Gasteiger partial charge in [-0.2, -0.15) is 0 Å². The van der Waals surface area contributed by atoms with E-state index in [2.05, 4.69) is 34.6 Å². The zero-order chi connectivity index (χ0) is 21.2. The average molecular weight is 409 g/mol. The third-order valence-corrected chi connectivity index (χ3v) is 5.00. The van der Waals surface area contributed by atoms with Gasteiger partial charge in [-0.3, -0.25) is 4.99 Å². The summed E-state index contributed by atoms with van der Waals surface area (Å²) in [7, 11) is 5.84. The second-order valence-electron chi connectivity index (χ2n) is 7.93. The largest absolute Gasteiger partial charge is 0.490 e. The van der Waals surface area contributed by atoms with Crippen molar-refractivity contribution in [3.63, 3.8) is 0 Å². The predicted octanol–water partition coefficient (Wildman–Crippen LogP) is 3.20. The number of benzene rings is 1. The minimum absolute atomic E-state index is 0.0968. The van der Waals surface area contributed by atoms with Crippen LogP contribution in [0.15, 0.2) is 23.2 Å². The smallest absolute Gasteiger partial charge is 0.191 e. The van der Waals surface area contributed by atoms with Crippen LogP contribution in [0.5, 0.6) is 5.75 Å². The van der Waals surface area contributed by atoms with E-state index in [1.165, 1.54) is 18.9 Å². The van der Waals surface area contributed by atoms with Crippen molar-refractivity contribution in [1.29, 1.82) is 0 Å². The van der Waals surface area contributed by atoms with Crippen LogP contribution in [-0.2, 0) is 4.74 Å². The molecule has 1 fully saturated rings. The molecule has 2 atom stereocenters. The summed E-state index contributed by atoms with van der Waals surface area (Å²) in [6.07, 6.45) is 3.42. The summed E-state index contributed by atoms with van der Waals surface area (Å²) in [6.45, 7) is 6.90. The van der Waals surface area contributed by atoms with Crippen molar-refractivity contribution in [3.8, 4) is 5.75 Å². The summed E-state index contributed by atoms with van der Waals surface area (Å²) in [5.41, 5.74) is 0.846. The molecule has 0 aromatic heterocycles. The van der Waals surface area contributed by atoms with E-state index < -0.39 is 0 Å². The van der Waals surface area contributed by atoms with E-state index >= 15 is 0 Å². The Morgan fingerprint density at radius 2 is 2.10 bits per heavy atom. The number of rotatable bonds is 12. The van der Waals surface area contributed by atoms with Crippen LogP contribution >= 0.6 is 0 Å². The Kier molecular flexibility index (Phi) is 9.67. The average Bonchev–Trinajstić information content (AvgIpc) is 3.52. The molecule has 1 aliphatic carbocycles. The van der Waals surface area contributed by atoms with Crippen LogP contribution in [0.25, 0.3) is 0 Å². The third-order valence-electron chi connectivity index (χ3n) is 5.00. The summed E-state index contributed by atoms with van der Waals surface area (Å²) >= 11 is 0. The second-order valence-corrected chi connectivity index (χ2v) is 7.93. The summed E-state index contributed by atoms with van der Waals surface area (Å²) in [6, 6.07) is 5.05. The molecule has 0 bridgehead atoms. The van der Waals surface area contributed by atoms with Crippen molar-refractivity contribution >= 4 is 5.96 Å². The van der Waals surface area contributed by atoms with Gasteiger partial charge in [0.15, 0.2) is 17.5 Å². The molecule has 0 radical (unpaired) electrons. The van der Waals surface area contributed by atoms with Gasteiger partial charge in [-0.05, 0) is 70.8 Å². The van der Waals surface area contributed by atoms with E-state index in [-0.39, 0.29) is 18.0 Å². The molecule has 1 aliphatic rings. The first-order valence-electron chi connectivity index (χ1n) is 10.6. The van der Waals surface area contributed by atoms with Gasteiger partial charge in [0.25, 0.3) is 0 Å². The van der Waals surface area contributed by atoms with E-state index in [4.69, 9.17) is 9.47 Å². The first-order chi connectivity index (χ1) is 13.9. The molecule has 2 N–H and O–H groups in total. The van der Waals surface area contributed by atoms with E-state index in [1.54, 1.807) is 13.1 Å². The second kappa shape index (κ2) is 12.0. The predicted molar refractivity (Wildman–Crippen MR) is 116 cm³/mol. The third kappa shape index (κ3) is 8.58. The zero-order valence-electron chi connectivity index (χ0n) is 18.5. The molecular weight excluding hydrogens is 371 g/mol. The number of halogens is 1. The maximum absolute atomic E-state index is 14.4. The summed E-state index contributed by atoms with van der Waals surface area (Å²) < 4.78 is 25.8. The highest BCUT2D eigenvalue weighted by atomic mass is 19.1. The first kappa shape index (κ1) is 23.4. The molecular formula is C22H37FN4O2. The van der Waals surface area contributed by atoms with Crippen LogP contribution < -0.4 is 15.4 Å². The number of guanidine groups is 1. The van der Waals surface area contributed by atoms with Crippen LogP contribution in [-0.4, -0.2) is 64.4 Å². The normalized spacial score (nSPS) is 16.6. The van der Waals surface area contributed by atoms with Crippen LogP contribution in [0, 0.1) is 11.7 Å². The van der Waals surface area contributed by atoms with Crippen molar-refractivity contribution in [2.45, 2.75) is 45.3 Å². The zero-order valence-corrected chi connectivity index (χ0v) is 18.5. The number of nitrogens with one attached hydrogen (secondary N) is 2. The highest BCUT2D eigenvalue weighted by molar-refractivity contribution is 5.80. The quantitative estimate of drug-likeness (QED) is 0.411. The van der Waals surface area contributed by atoms with E-state index in [1.807, 2.05) is 19.9 Å². The first-order valence-corrected chi connectivity index (χ1v) is 10.6. The van der Waals surface area contributed by atoms with E-state index in [0.29, 0.717) is 37.4 Å².